The molecule has 0 aliphatic carbocycles. The van der Waals surface area contributed by atoms with Crippen molar-refractivity contribution in [1.82, 2.24) is 9.62 Å². The Labute approximate surface area is 143 Å². The molecule has 1 aliphatic rings. The third kappa shape index (κ3) is 3.79. The lowest BCUT2D eigenvalue weighted by Gasteiger charge is -2.36. The zero-order valence-corrected chi connectivity index (χ0v) is 15.1. The molecule has 2 rings (SSSR count). The Bertz CT molecular complexity index is 730. The molecule has 2 unspecified atom stereocenters. The van der Waals surface area contributed by atoms with E-state index in [1.165, 1.54) is 10.4 Å². The van der Waals surface area contributed by atoms with Crippen LogP contribution in [0.25, 0.3) is 0 Å². The number of sulfonamides is 1. The molecule has 6 nitrogen and oxygen atoms in total. The third-order valence-electron chi connectivity index (χ3n) is 4.32. The van der Waals surface area contributed by atoms with Crippen LogP contribution in [0.1, 0.15) is 25.3 Å². The SMILES string of the molecule is C=CC(=O)NC1CCN(S(=O)(=O)c2ccc(OC)c(C)c2)C(C)C1. The van der Waals surface area contributed by atoms with Gasteiger partial charge in [0.1, 0.15) is 5.75 Å². The van der Waals surface area contributed by atoms with Gasteiger partial charge in [0.05, 0.1) is 12.0 Å². The molecule has 1 aromatic carbocycles. The molecule has 132 valence electrons. The molecular formula is C17H24N2O4S. The summed E-state index contributed by atoms with van der Waals surface area (Å²) in [5, 5.41) is 2.84. The van der Waals surface area contributed by atoms with Crippen molar-refractivity contribution in [3.05, 3.63) is 36.4 Å². The summed E-state index contributed by atoms with van der Waals surface area (Å²) in [6, 6.07) is 4.64. The van der Waals surface area contributed by atoms with Crippen LogP contribution in [0, 0.1) is 6.92 Å². The van der Waals surface area contributed by atoms with Crippen LogP contribution in [0.3, 0.4) is 0 Å². The van der Waals surface area contributed by atoms with Gasteiger partial charge in [-0.1, -0.05) is 6.58 Å². The summed E-state index contributed by atoms with van der Waals surface area (Å²) in [6.07, 6.45) is 2.39. The van der Waals surface area contributed by atoms with Crippen LogP contribution in [0.15, 0.2) is 35.7 Å². The zero-order chi connectivity index (χ0) is 17.9. The number of nitrogens with one attached hydrogen (secondary N) is 1. The van der Waals surface area contributed by atoms with E-state index in [0.29, 0.717) is 25.1 Å². The Balaban J connectivity index is 2.17. The van der Waals surface area contributed by atoms with Crippen molar-refractivity contribution < 1.29 is 17.9 Å². The minimum atomic E-state index is -3.57. The molecule has 0 radical (unpaired) electrons. The number of hydrogen-bond donors (Lipinski definition) is 1. The van der Waals surface area contributed by atoms with Gasteiger partial charge < -0.3 is 10.1 Å². The van der Waals surface area contributed by atoms with E-state index < -0.39 is 10.0 Å². The molecule has 1 aliphatic heterocycles. The lowest BCUT2D eigenvalue weighted by molar-refractivity contribution is -0.117. The van der Waals surface area contributed by atoms with Crippen LogP contribution < -0.4 is 10.1 Å². The fourth-order valence-electron chi connectivity index (χ4n) is 3.05. The fraction of sp³-hybridized carbons (Fsp3) is 0.471. The Morgan fingerprint density at radius 2 is 2.17 bits per heavy atom. The van der Waals surface area contributed by atoms with Crippen LogP contribution in [-0.4, -0.2) is 44.4 Å². The van der Waals surface area contributed by atoms with Crippen molar-refractivity contribution >= 4 is 15.9 Å². The zero-order valence-electron chi connectivity index (χ0n) is 14.3. The van der Waals surface area contributed by atoms with Gasteiger partial charge in [0, 0.05) is 18.6 Å². The van der Waals surface area contributed by atoms with Crippen LogP contribution in [0.2, 0.25) is 0 Å². The standard InChI is InChI=1S/C17H24N2O4S/c1-5-17(20)18-14-8-9-19(13(3)11-14)24(21,22)15-6-7-16(23-4)12(2)10-15/h5-7,10,13-14H,1,8-9,11H2,2-4H3,(H,18,20). The Morgan fingerprint density at radius 3 is 2.71 bits per heavy atom. The van der Waals surface area contributed by atoms with Gasteiger partial charge in [0.15, 0.2) is 0 Å². The van der Waals surface area contributed by atoms with E-state index in [-0.39, 0.29) is 22.9 Å². The molecule has 1 saturated heterocycles. The van der Waals surface area contributed by atoms with E-state index in [9.17, 15) is 13.2 Å². The highest BCUT2D eigenvalue weighted by atomic mass is 32.2. The quantitative estimate of drug-likeness (QED) is 0.821. The highest BCUT2D eigenvalue weighted by molar-refractivity contribution is 7.89. The number of benzene rings is 1. The summed E-state index contributed by atoms with van der Waals surface area (Å²) in [5.74, 6) is 0.433. The molecule has 0 saturated carbocycles. The summed E-state index contributed by atoms with van der Waals surface area (Å²) in [5.41, 5.74) is 0.777. The molecule has 1 amide bonds. The molecule has 24 heavy (non-hydrogen) atoms. The predicted molar refractivity (Wildman–Crippen MR) is 92.4 cm³/mol. The van der Waals surface area contributed by atoms with Gasteiger partial charge in [0.25, 0.3) is 0 Å². The summed E-state index contributed by atoms with van der Waals surface area (Å²) >= 11 is 0. The number of aryl methyl sites for hydroxylation is 1. The first-order valence-corrected chi connectivity index (χ1v) is 9.33. The number of amides is 1. The molecule has 2 atom stereocenters. The maximum Gasteiger partial charge on any atom is 0.243 e. The number of piperidine rings is 1. The number of rotatable bonds is 5. The lowest BCUT2D eigenvalue weighted by atomic mass is 10.0. The van der Waals surface area contributed by atoms with Gasteiger partial charge in [-0.2, -0.15) is 4.31 Å². The Morgan fingerprint density at radius 1 is 1.46 bits per heavy atom. The highest BCUT2D eigenvalue weighted by Gasteiger charge is 2.35. The van der Waals surface area contributed by atoms with Crippen molar-refractivity contribution in [2.45, 2.75) is 43.7 Å². The summed E-state index contributed by atoms with van der Waals surface area (Å²) < 4.78 is 32.5. The molecule has 0 spiro atoms. The van der Waals surface area contributed by atoms with E-state index in [1.807, 2.05) is 13.8 Å². The topological polar surface area (TPSA) is 75.7 Å². The number of ether oxygens (including phenoxy) is 1. The number of methoxy groups -OCH3 is 1. The van der Waals surface area contributed by atoms with Gasteiger partial charge in [-0.3, -0.25) is 4.79 Å². The molecule has 7 heteroatoms. The normalized spacial score (nSPS) is 22.0. The van der Waals surface area contributed by atoms with E-state index in [0.717, 1.165) is 5.56 Å². The van der Waals surface area contributed by atoms with E-state index in [4.69, 9.17) is 4.74 Å². The number of nitrogens with zero attached hydrogens (tertiary/aromatic N) is 1. The summed E-state index contributed by atoms with van der Waals surface area (Å²) in [7, 11) is -2.01. The fourth-order valence-corrected chi connectivity index (χ4v) is 4.79. The van der Waals surface area contributed by atoms with E-state index >= 15 is 0 Å². The largest absolute Gasteiger partial charge is 0.496 e. The summed E-state index contributed by atoms with van der Waals surface area (Å²) in [6.45, 7) is 7.48. The molecule has 1 aromatic rings. The third-order valence-corrected chi connectivity index (χ3v) is 6.33. The van der Waals surface area contributed by atoms with Crippen molar-refractivity contribution in [1.29, 1.82) is 0 Å². The Hall–Kier alpha value is -1.86. The first-order chi connectivity index (χ1) is 11.3. The van der Waals surface area contributed by atoms with Crippen molar-refractivity contribution in [2.75, 3.05) is 13.7 Å². The first-order valence-electron chi connectivity index (χ1n) is 7.89. The number of carbonyl (C=O) groups is 1. The van der Waals surface area contributed by atoms with Crippen molar-refractivity contribution in [3.8, 4) is 5.75 Å². The van der Waals surface area contributed by atoms with Gasteiger partial charge in [0.2, 0.25) is 15.9 Å². The lowest BCUT2D eigenvalue weighted by Crippen LogP contribution is -2.50. The van der Waals surface area contributed by atoms with Crippen LogP contribution in [0.4, 0.5) is 0 Å². The minimum absolute atomic E-state index is 0.0328. The second-order valence-electron chi connectivity index (χ2n) is 6.03. The van der Waals surface area contributed by atoms with Gasteiger partial charge >= 0.3 is 0 Å². The molecule has 0 aromatic heterocycles. The van der Waals surface area contributed by atoms with Crippen molar-refractivity contribution in [2.24, 2.45) is 0 Å². The highest BCUT2D eigenvalue weighted by Crippen LogP contribution is 2.28. The van der Waals surface area contributed by atoms with E-state index in [2.05, 4.69) is 11.9 Å². The number of hydrogen-bond acceptors (Lipinski definition) is 4. The smallest absolute Gasteiger partial charge is 0.243 e. The minimum Gasteiger partial charge on any atom is -0.496 e. The van der Waals surface area contributed by atoms with Gasteiger partial charge in [-0.05, 0) is 56.5 Å². The van der Waals surface area contributed by atoms with Crippen molar-refractivity contribution in [3.63, 3.8) is 0 Å². The average Bonchev–Trinajstić information content (AvgIpc) is 2.54. The molecular weight excluding hydrogens is 328 g/mol. The second-order valence-corrected chi connectivity index (χ2v) is 7.92. The van der Waals surface area contributed by atoms with Crippen LogP contribution in [-0.2, 0) is 14.8 Å². The van der Waals surface area contributed by atoms with Gasteiger partial charge in [-0.15, -0.1) is 0 Å². The monoisotopic (exact) mass is 352 g/mol. The summed E-state index contributed by atoms with van der Waals surface area (Å²) in [4.78, 5) is 11.7. The molecule has 0 bridgehead atoms. The maximum absolute atomic E-state index is 12.9. The average molecular weight is 352 g/mol. The second kappa shape index (κ2) is 7.36. The Kier molecular flexibility index (Phi) is 5.66. The maximum atomic E-state index is 12.9. The predicted octanol–water partition coefficient (Wildman–Crippen LogP) is 1.85. The first kappa shape index (κ1) is 18.5. The van der Waals surface area contributed by atoms with E-state index in [1.54, 1.807) is 25.3 Å². The van der Waals surface area contributed by atoms with Crippen LogP contribution in [0.5, 0.6) is 5.75 Å². The molecule has 1 fully saturated rings. The molecule has 1 heterocycles. The number of carbonyl (C=O) groups excluding carboxylic acids is 1. The van der Waals surface area contributed by atoms with Crippen LogP contribution >= 0.6 is 0 Å². The molecule has 1 N–H and O–H groups in total. The van der Waals surface area contributed by atoms with Gasteiger partial charge in [-0.25, -0.2) is 8.42 Å².